The van der Waals surface area contributed by atoms with Crippen LogP contribution < -0.4 is 11.1 Å². The Morgan fingerprint density at radius 1 is 1.21 bits per heavy atom. The second-order valence-electron chi connectivity index (χ2n) is 4.27. The summed E-state index contributed by atoms with van der Waals surface area (Å²) in [4.78, 5) is 0. The van der Waals surface area contributed by atoms with Crippen molar-refractivity contribution < 1.29 is 5.11 Å². The van der Waals surface area contributed by atoms with Crippen LogP contribution in [0.5, 0.6) is 0 Å². The van der Waals surface area contributed by atoms with Crippen LogP contribution >= 0.6 is 0 Å². The molecule has 0 amide bonds. The highest BCUT2D eigenvalue weighted by molar-refractivity contribution is 4.81. The molecule has 2 unspecified atom stereocenters. The molecule has 1 aliphatic rings. The summed E-state index contributed by atoms with van der Waals surface area (Å²) in [6.07, 6.45) is 7.23. The minimum Gasteiger partial charge on any atom is -0.396 e. The molecule has 3 nitrogen and oxygen atoms in total. The van der Waals surface area contributed by atoms with Crippen LogP contribution in [-0.2, 0) is 0 Å². The lowest BCUT2D eigenvalue weighted by atomic mass is 9.84. The third-order valence-corrected chi connectivity index (χ3v) is 3.20. The molecule has 0 aromatic heterocycles. The molecule has 0 heterocycles. The van der Waals surface area contributed by atoms with Gasteiger partial charge in [-0.15, -0.1) is 0 Å². The molecule has 14 heavy (non-hydrogen) atoms. The standard InChI is InChI=1S/C11H24N2O/c12-9-10-5-1-2-6-11(10)13-7-3-4-8-14/h10-11,13-14H,1-9,12H2. The van der Waals surface area contributed by atoms with Gasteiger partial charge in [0.2, 0.25) is 0 Å². The molecule has 0 aliphatic heterocycles. The molecule has 1 saturated carbocycles. The topological polar surface area (TPSA) is 58.3 Å². The normalized spacial score (nSPS) is 27.9. The molecule has 1 rings (SSSR count). The van der Waals surface area contributed by atoms with Crippen molar-refractivity contribution in [2.45, 2.75) is 44.6 Å². The Balaban J connectivity index is 2.13. The molecule has 4 N–H and O–H groups in total. The smallest absolute Gasteiger partial charge is 0.0431 e. The van der Waals surface area contributed by atoms with Gasteiger partial charge in [0, 0.05) is 12.6 Å². The Hall–Kier alpha value is -0.120. The van der Waals surface area contributed by atoms with Crippen molar-refractivity contribution in [3.8, 4) is 0 Å². The summed E-state index contributed by atoms with van der Waals surface area (Å²) in [7, 11) is 0. The molecule has 1 fully saturated rings. The molecule has 0 bridgehead atoms. The van der Waals surface area contributed by atoms with E-state index >= 15 is 0 Å². The Kier molecular flexibility index (Phi) is 6.15. The summed E-state index contributed by atoms with van der Waals surface area (Å²) in [6, 6.07) is 0.632. The van der Waals surface area contributed by atoms with Gasteiger partial charge in [-0.05, 0) is 44.7 Å². The molecule has 0 aromatic carbocycles. The van der Waals surface area contributed by atoms with Gasteiger partial charge in [0.1, 0.15) is 0 Å². The van der Waals surface area contributed by atoms with Gasteiger partial charge in [0.25, 0.3) is 0 Å². The van der Waals surface area contributed by atoms with Crippen molar-refractivity contribution in [2.75, 3.05) is 19.7 Å². The van der Waals surface area contributed by atoms with Gasteiger partial charge < -0.3 is 16.2 Å². The maximum atomic E-state index is 8.65. The summed E-state index contributed by atoms with van der Waals surface area (Å²) in [6.45, 7) is 2.16. The van der Waals surface area contributed by atoms with Gasteiger partial charge in [-0.2, -0.15) is 0 Å². The first-order valence-corrected chi connectivity index (χ1v) is 5.92. The van der Waals surface area contributed by atoms with Gasteiger partial charge in [-0.3, -0.25) is 0 Å². The molecule has 0 aromatic rings. The van der Waals surface area contributed by atoms with Gasteiger partial charge in [-0.25, -0.2) is 0 Å². The van der Waals surface area contributed by atoms with Crippen molar-refractivity contribution in [2.24, 2.45) is 11.7 Å². The van der Waals surface area contributed by atoms with E-state index in [1.54, 1.807) is 0 Å². The third kappa shape index (κ3) is 3.95. The first-order chi connectivity index (χ1) is 6.88. The molecule has 84 valence electrons. The summed E-state index contributed by atoms with van der Waals surface area (Å²) in [5.74, 6) is 0.679. The van der Waals surface area contributed by atoms with Crippen LogP contribution in [0, 0.1) is 5.92 Å². The van der Waals surface area contributed by atoms with Crippen LogP contribution in [-0.4, -0.2) is 30.8 Å². The third-order valence-electron chi connectivity index (χ3n) is 3.20. The highest BCUT2D eigenvalue weighted by Crippen LogP contribution is 2.23. The van der Waals surface area contributed by atoms with E-state index in [1.807, 2.05) is 0 Å². The van der Waals surface area contributed by atoms with Gasteiger partial charge in [0.05, 0.1) is 0 Å². The monoisotopic (exact) mass is 200 g/mol. The van der Waals surface area contributed by atoms with E-state index in [1.165, 1.54) is 25.7 Å². The maximum absolute atomic E-state index is 8.65. The van der Waals surface area contributed by atoms with E-state index in [-0.39, 0.29) is 0 Å². The van der Waals surface area contributed by atoms with Crippen LogP contribution in [0.3, 0.4) is 0 Å². The summed E-state index contributed by atoms with van der Waals surface area (Å²) in [5, 5.41) is 12.2. The number of unbranched alkanes of at least 4 members (excludes halogenated alkanes) is 1. The predicted molar refractivity (Wildman–Crippen MR) is 59.1 cm³/mol. The molecule has 2 atom stereocenters. The number of nitrogens with one attached hydrogen (secondary N) is 1. The van der Waals surface area contributed by atoms with Crippen molar-refractivity contribution >= 4 is 0 Å². The van der Waals surface area contributed by atoms with Crippen molar-refractivity contribution in [3.63, 3.8) is 0 Å². The zero-order chi connectivity index (χ0) is 10.2. The second-order valence-corrected chi connectivity index (χ2v) is 4.27. The Morgan fingerprint density at radius 2 is 2.00 bits per heavy atom. The highest BCUT2D eigenvalue weighted by atomic mass is 16.2. The number of hydrogen-bond acceptors (Lipinski definition) is 3. The van der Waals surface area contributed by atoms with Crippen LogP contribution in [0.4, 0.5) is 0 Å². The molecule has 3 heteroatoms. The quantitative estimate of drug-likeness (QED) is 0.558. The first kappa shape index (κ1) is 12.0. The molecular weight excluding hydrogens is 176 g/mol. The summed E-state index contributed by atoms with van der Waals surface area (Å²) < 4.78 is 0. The molecular formula is C11H24N2O. The SMILES string of the molecule is NCC1CCCCC1NCCCCO. The van der Waals surface area contributed by atoms with Crippen LogP contribution in [0.2, 0.25) is 0 Å². The fourth-order valence-corrected chi connectivity index (χ4v) is 2.28. The van der Waals surface area contributed by atoms with E-state index in [0.29, 0.717) is 18.6 Å². The zero-order valence-corrected chi connectivity index (χ0v) is 9.04. The van der Waals surface area contributed by atoms with E-state index in [9.17, 15) is 0 Å². The lowest BCUT2D eigenvalue weighted by Gasteiger charge is -2.31. The van der Waals surface area contributed by atoms with Crippen LogP contribution in [0.1, 0.15) is 38.5 Å². The molecule has 1 aliphatic carbocycles. The van der Waals surface area contributed by atoms with Crippen LogP contribution in [0.25, 0.3) is 0 Å². The van der Waals surface area contributed by atoms with E-state index in [0.717, 1.165) is 25.9 Å². The van der Waals surface area contributed by atoms with Crippen molar-refractivity contribution in [1.82, 2.24) is 5.32 Å². The summed E-state index contributed by atoms with van der Waals surface area (Å²) in [5.41, 5.74) is 5.74. The first-order valence-electron chi connectivity index (χ1n) is 5.92. The Morgan fingerprint density at radius 3 is 2.71 bits per heavy atom. The maximum Gasteiger partial charge on any atom is 0.0431 e. The molecule has 0 spiro atoms. The zero-order valence-electron chi connectivity index (χ0n) is 9.04. The number of rotatable bonds is 6. The lowest BCUT2D eigenvalue weighted by molar-refractivity contribution is 0.256. The Bertz CT molecular complexity index is 141. The predicted octanol–water partition coefficient (Wildman–Crippen LogP) is 0.866. The van der Waals surface area contributed by atoms with Gasteiger partial charge in [0.15, 0.2) is 0 Å². The lowest BCUT2D eigenvalue weighted by Crippen LogP contribution is -2.42. The average Bonchev–Trinajstić information content (AvgIpc) is 2.25. The molecule has 0 radical (unpaired) electrons. The minimum absolute atomic E-state index is 0.312. The van der Waals surface area contributed by atoms with Crippen molar-refractivity contribution in [1.29, 1.82) is 0 Å². The van der Waals surface area contributed by atoms with E-state index in [2.05, 4.69) is 5.32 Å². The minimum atomic E-state index is 0.312. The number of aliphatic hydroxyl groups excluding tert-OH is 1. The van der Waals surface area contributed by atoms with E-state index in [4.69, 9.17) is 10.8 Å². The van der Waals surface area contributed by atoms with Gasteiger partial charge >= 0.3 is 0 Å². The largest absolute Gasteiger partial charge is 0.396 e. The number of hydrogen-bond donors (Lipinski definition) is 3. The highest BCUT2D eigenvalue weighted by Gasteiger charge is 2.22. The Labute approximate surface area is 87.1 Å². The van der Waals surface area contributed by atoms with Gasteiger partial charge in [-0.1, -0.05) is 12.8 Å². The fraction of sp³-hybridized carbons (Fsp3) is 1.00. The number of nitrogens with two attached hydrogens (primary N) is 1. The fourth-order valence-electron chi connectivity index (χ4n) is 2.28. The average molecular weight is 200 g/mol. The molecule has 0 saturated heterocycles. The van der Waals surface area contributed by atoms with Crippen LogP contribution in [0.15, 0.2) is 0 Å². The van der Waals surface area contributed by atoms with E-state index < -0.39 is 0 Å². The second kappa shape index (κ2) is 7.21. The van der Waals surface area contributed by atoms with Crippen molar-refractivity contribution in [3.05, 3.63) is 0 Å². The summed E-state index contributed by atoms with van der Waals surface area (Å²) >= 11 is 0. The number of aliphatic hydroxyl groups is 1.